The Labute approximate surface area is 107 Å². The van der Waals surface area contributed by atoms with Gasteiger partial charge in [0.25, 0.3) is 0 Å². The van der Waals surface area contributed by atoms with E-state index in [-0.39, 0.29) is 6.03 Å². The van der Waals surface area contributed by atoms with Crippen molar-refractivity contribution in [2.24, 2.45) is 0 Å². The minimum Gasteiger partial charge on any atom is -0.336 e. The molecule has 4 heteroatoms. The monoisotopic (exact) mass is 243 g/mol. The molecule has 0 aliphatic heterocycles. The molecule has 1 aromatic carbocycles. The molecule has 18 heavy (non-hydrogen) atoms. The number of amides is 1. The van der Waals surface area contributed by atoms with E-state index in [0.29, 0.717) is 6.54 Å². The number of hydrogen-bond acceptors (Lipinski definition) is 2. The molecule has 0 saturated carbocycles. The van der Waals surface area contributed by atoms with Gasteiger partial charge in [-0.1, -0.05) is 30.3 Å². The van der Waals surface area contributed by atoms with Crippen LogP contribution in [0.4, 0.5) is 4.79 Å². The standard InChI is InChI=1S/C14H17N3O/c18-14(17-12-6-11-16-17)15-10-5-4-9-13-7-2-1-3-8-13/h1-3,6-8,11-12H,4-5,9-10H2,(H,15,18). The Hall–Kier alpha value is -2.10. The van der Waals surface area contributed by atoms with E-state index in [9.17, 15) is 4.79 Å². The third-order valence-electron chi connectivity index (χ3n) is 2.72. The number of carbonyl (C=O) groups is 1. The maximum atomic E-state index is 11.5. The van der Waals surface area contributed by atoms with E-state index in [1.54, 1.807) is 18.5 Å². The lowest BCUT2D eigenvalue weighted by molar-refractivity contribution is 0.239. The predicted octanol–water partition coefficient (Wildman–Crippen LogP) is 2.46. The molecule has 4 nitrogen and oxygen atoms in total. The number of carbonyl (C=O) groups excluding carboxylic acids is 1. The van der Waals surface area contributed by atoms with Crippen LogP contribution in [0, 0.1) is 0 Å². The van der Waals surface area contributed by atoms with E-state index >= 15 is 0 Å². The summed E-state index contributed by atoms with van der Waals surface area (Å²) < 4.78 is 1.30. The third-order valence-corrected chi connectivity index (χ3v) is 2.72. The van der Waals surface area contributed by atoms with Crippen LogP contribution < -0.4 is 5.32 Å². The van der Waals surface area contributed by atoms with Crippen LogP contribution in [0.3, 0.4) is 0 Å². The fourth-order valence-electron chi connectivity index (χ4n) is 1.76. The number of rotatable bonds is 5. The van der Waals surface area contributed by atoms with Crippen LogP contribution in [0.15, 0.2) is 48.8 Å². The summed E-state index contributed by atoms with van der Waals surface area (Å²) in [5, 5.41) is 6.70. The number of unbranched alkanes of at least 4 members (excludes halogenated alkanes) is 1. The molecule has 0 atom stereocenters. The number of aryl methyl sites for hydroxylation is 1. The maximum absolute atomic E-state index is 11.5. The first kappa shape index (κ1) is 12.4. The molecule has 2 rings (SSSR count). The number of nitrogens with one attached hydrogen (secondary N) is 1. The van der Waals surface area contributed by atoms with Crippen LogP contribution in [0.2, 0.25) is 0 Å². The van der Waals surface area contributed by atoms with E-state index in [0.717, 1.165) is 19.3 Å². The van der Waals surface area contributed by atoms with Crippen molar-refractivity contribution in [2.45, 2.75) is 19.3 Å². The molecule has 1 heterocycles. The zero-order chi connectivity index (χ0) is 12.6. The number of aromatic nitrogens is 2. The van der Waals surface area contributed by atoms with Crippen molar-refractivity contribution in [3.05, 3.63) is 54.4 Å². The molecular weight excluding hydrogens is 226 g/mol. The Morgan fingerprint density at radius 3 is 2.72 bits per heavy atom. The molecular formula is C14H17N3O. The summed E-state index contributed by atoms with van der Waals surface area (Å²) in [5.41, 5.74) is 1.34. The van der Waals surface area contributed by atoms with Gasteiger partial charge in [0.15, 0.2) is 0 Å². The lowest BCUT2D eigenvalue weighted by atomic mass is 10.1. The van der Waals surface area contributed by atoms with Gasteiger partial charge < -0.3 is 5.32 Å². The van der Waals surface area contributed by atoms with Crippen molar-refractivity contribution in [3.8, 4) is 0 Å². The summed E-state index contributed by atoms with van der Waals surface area (Å²) in [5.74, 6) is 0. The molecule has 0 radical (unpaired) electrons. The van der Waals surface area contributed by atoms with Crippen LogP contribution >= 0.6 is 0 Å². The fourth-order valence-corrected chi connectivity index (χ4v) is 1.76. The average Bonchev–Trinajstić information content (AvgIpc) is 2.93. The molecule has 0 saturated heterocycles. The van der Waals surface area contributed by atoms with Crippen molar-refractivity contribution in [2.75, 3.05) is 6.54 Å². The topological polar surface area (TPSA) is 46.9 Å². The molecule has 0 bridgehead atoms. The Morgan fingerprint density at radius 2 is 2.00 bits per heavy atom. The molecule has 1 aromatic heterocycles. The van der Waals surface area contributed by atoms with E-state index in [2.05, 4.69) is 34.7 Å². The van der Waals surface area contributed by atoms with Gasteiger partial charge >= 0.3 is 6.03 Å². The van der Waals surface area contributed by atoms with Crippen LogP contribution in [-0.4, -0.2) is 22.4 Å². The lowest BCUT2D eigenvalue weighted by Crippen LogP contribution is -2.29. The van der Waals surface area contributed by atoms with Crippen molar-refractivity contribution in [3.63, 3.8) is 0 Å². The van der Waals surface area contributed by atoms with Gasteiger partial charge in [0.05, 0.1) is 0 Å². The molecule has 0 spiro atoms. The maximum Gasteiger partial charge on any atom is 0.342 e. The first-order valence-corrected chi connectivity index (χ1v) is 6.18. The van der Waals surface area contributed by atoms with Gasteiger partial charge in [-0.15, -0.1) is 0 Å². The molecule has 0 aliphatic carbocycles. The minimum absolute atomic E-state index is 0.167. The van der Waals surface area contributed by atoms with Gasteiger partial charge in [-0.05, 0) is 30.9 Å². The summed E-state index contributed by atoms with van der Waals surface area (Å²) in [4.78, 5) is 11.5. The molecule has 0 unspecified atom stereocenters. The van der Waals surface area contributed by atoms with Crippen LogP contribution in [0.25, 0.3) is 0 Å². The van der Waals surface area contributed by atoms with Gasteiger partial charge in [-0.2, -0.15) is 9.78 Å². The summed E-state index contributed by atoms with van der Waals surface area (Å²) in [6, 6.07) is 11.9. The van der Waals surface area contributed by atoms with Gasteiger partial charge in [0, 0.05) is 18.9 Å². The third kappa shape index (κ3) is 3.73. The second kappa shape index (κ2) is 6.59. The predicted molar refractivity (Wildman–Crippen MR) is 70.4 cm³/mol. The van der Waals surface area contributed by atoms with E-state index in [1.807, 2.05) is 6.07 Å². The Morgan fingerprint density at radius 1 is 1.17 bits per heavy atom. The van der Waals surface area contributed by atoms with Crippen molar-refractivity contribution in [1.82, 2.24) is 15.1 Å². The van der Waals surface area contributed by atoms with Gasteiger partial charge in [0.2, 0.25) is 0 Å². The largest absolute Gasteiger partial charge is 0.342 e. The highest BCUT2D eigenvalue weighted by Gasteiger charge is 2.01. The summed E-state index contributed by atoms with van der Waals surface area (Å²) in [6.07, 6.45) is 6.33. The average molecular weight is 243 g/mol. The Kier molecular flexibility index (Phi) is 4.53. The Balaban J connectivity index is 1.61. The van der Waals surface area contributed by atoms with Gasteiger partial charge in [-0.25, -0.2) is 4.79 Å². The summed E-state index contributed by atoms with van der Waals surface area (Å²) in [7, 11) is 0. The lowest BCUT2D eigenvalue weighted by Gasteiger charge is -2.04. The summed E-state index contributed by atoms with van der Waals surface area (Å²) >= 11 is 0. The quantitative estimate of drug-likeness (QED) is 0.820. The zero-order valence-electron chi connectivity index (χ0n) is 10.2. The van der Waals surface area contributed by atoms with E-state index in [1.165, 1.54) is 10.2 Å². The molecule has 94 valence electrons. The highest BCUT2D eigenvalue weighted by atomic mass is 16.2. The fraction of sp³-hybridized carbons (Fsp3) is 0.286. The van der Waals surface area contributed by atoms with Crippen LogP contribution in [0.1, 0.15) is 18.4 Å². The van der Waals surface area contributed by atoms with E-state index < -0.39 is 0 Å². The van der Waals surface area contributed by atoms with E-state index in [4.69, 9.17) is 0 Å². The first-order chi connectivity index (χ1) is 8.86. The normalized spacial score (nSPS) is 10.2. The highest BCUT2D eigenvalue weighted by Crippen LogP contribution is 2.03. The second-order valence-corrected chi connectivity index (χ2v) is 4.13. The molecule has 2 aromatic rings. The molecule has 0 aliphatic rings. The first-order valence-electron chi connectivity index (χ1n) is 6.18. The van der Waals surface area contributed by atoms with Gasteiger partial charge in [-0.3, -0.25) is 0 Å². The number of benzene rings is 1. The number of nitrogens with zero attached hydrogens (tertiary/aromatic N) is 2. The summed E-state index contributed by atoms with van der Waals surface area (Å²) in [6.45, 7) is 0.686. The second-order valence-electron chi connectivity index (χ2n) is 4.13. The van der Waals surface area contributed by atoms with Crippen molar-refractivity contribution < 1.29 is 4.79 Å². The van der Waals surface area contributed by atoms with Crippen LogP contribution in [0.5, 0.6) is 0 Å². The van der Waals surface area contributed by atoms with Crippen molar-refractivity contribution in [1.29, 1.82) is 0 Å². The minimum atomic E-state index is -0.167. The molecule has 1 amide bonds. The molecule has 0 fully saturated rings. The Bertz CT molecular complexity index is 465. The van der Waals surface area contributed by atoms with Crippen molar-refractivity contribution >= 4 is 6.03 Å². The zero-order valence-corrected chi connectivity index (χ0v) is 10.2. The molecule has 1 N–H and O–H groups in total. The van der Waals surface area contributed by atoms with Crippen LogP contribution in [-0.2, 0) is 6.42 Å². The SMILES string of the molecule is O=C(NCCCCc1ccccc1)n1cccn1. The van der Waals surface area contributed by atoms with Gasteiger partial charge in [0.1, 0.15) is 0 Å². The highest BCUT2D eigenvalue weighted by molar-refractivity contribution is 5.75. The smallest absolute Gasteiger partial charge is 0.336 e. The number of hydrogen-bond donors (Lipinski definition) is 1.